The van der Waals surface area contributed by atoms with Gasteiger partial charge in [0, 0.05) is 11.1 Å². The Balaban J connectivity index is 1.35. The van der Waals surface area contributed by atoms with E-state index in [0.29, 0.717) is 24.0 Å². The van der Waals surface area contributed by atoms with Crippen LogP contribution in [0.25, 0.3) is 11.6 Å². The summed E-state index contributed by atoms with van der Waals surface area (Å²) in [5.41, 5.74) is 4.59. The maximum Gasteiger partial charge on any atom is 0.228 e. The summed E-state index contributed by atoms with van der Waals surface area (Å²) in [6.07, 6.45) is 16.1. The van der Waals surface area contributed by atoms with Gasteiger partial charge in [0.2, 0.25) is 10.1 Å². The second kappa shape index (κ2) is 13.2. The highest BCUT2D eigenvalue weighted by Gasteiger charge is 2.44. The van der Waals surface area contributed by atoms with E-state index in [1.165, 1.54) is 62.5 Å². The van der Waals surface area contributed by atoms with Crippen LogP contribution >= 0.6 is 23.5 Å². The van der Waals surface area contributed by atoms with Gasteiger partial charge < -0.3 is 9.47 Å². The number of fused-ring (bicyclic) bond motifs is 1. The largest absolute Gasteiger partial charge is 0.490 e. The van der Waals surface area contributed by atoms with Crippen LogP contribution in [0.1, 0.15) is 107 Å². The molecule has 0 unspecified atom stereocenters. The van der Waals surface area contributed by atoms with Gasteiger partial charge in [-0.15, -0.1) is 0 Å². The molecule has 2 aromatic rings. The maximum atomic E-state index is 15.5. The molecule has 1 aliphatic carbocycles. The van der Waals surface area contributed by atoms with E-state index in [0.717, 1.165) is 47.8 Å². The molecule has 2 nitrogen and oxygen atoms in total. The molecule has 2 aromatic carbocycles. The lowest BCUT2D eigenvalue weighted by molar-refractivity contribution is 0.265. The van der Waals surface area contributed by atoms with Gasteiger partial charge >= 0.3 is 0 Å². The average molecular weight is 555 g/mol. The standard InChI is InChI=1S/C33H43FO2S2/c1-3-5-7-9-24-10-12-25(13-11-24)26-14-16-27(17-15-26)29-23-28-18-19-30(35-20-6-4-2)31(34)32(28)36-33(29)37-21-8-22-38-33/h14-19,23-25H,3-13,20-22H2,1-2H3. The van der Waals surface area contributed by atoms with Crippen LogP contribution in [0, 0.1) is 11.7 Å². The van der Waals surface area contributed by atoms with Gasteiger partial charge in [0.25, 0.3) is 0 Å². The number of unbranched alkanes of at least 4 members (excludes halogenated alkanes) is 3. The molecule has 1 saturated heterocycles. The van der Waals surface area contributed by atoms with Crippen LogP contribution < -0.4 is 9.47 Å². The van der Waals surface area contributed by atoms with E-state index < -0.39 is 4.27 Å². The van der Waals surface area contributed by atoms with Crippen molar-refractivity contribution >= 4 is 35.2 Å². The van der Waals surface area contributed by atoms with Gasteiger partial charge in [0.15, 0.2) is 11.5 Å². The zero-order valence-corrected chi connectivity index (χ0v) is 24.7. The number of rotatable bonds is 10. The molecule has 38 heavy (non-hydrogen) atoms. The number of hydrogen-bond donors (Lipinski definition) is 0. The average Bonchev–Trinajstić information content (AvgIpc) is 2.96. The van der Waals surface area contributed by atoms with E-state index in [9.17, 15) is 0 Å². The Bertz CT molecular complexity index is 1080. The summed E-state index contributed by atoms with van der Waals surface area (Å²) in [7, 11) is 0. The molecular weight excluding hydrogens is 511 g/mol. The van der Waals surface area contributed by atoms with Gasteiger partial charge in [-0.25, -0.2) is 0 Å². The predicted octanol–water partition coefficient (Wildman–Crippen LogP) is 10.3. The molecule has 2 heterocycles. The van der Waals surface area contributed by atoms with Gasteiger partial charge in [0.1, 0.15) is 0 Å². The van der Waals surface area contributed by atoms with Gasteiger partial charge in [-0.05, 0) is 91.2 Å². The molecule has 0 N–H and O–H groups in total. The smallest absolute Gasteiger partial charge is 0.228 e. The third-order valence-corrected chi connectivity index (χ3v) is 11.4. The number of hydrogen-bond acceptors (Lipinski definition) is 4. The Morgan fingerprint density at radius 2 is 1.66 bits per heavy atom. The number of ether oxygens (including phenoxy) is 2. The van der Waals surface area contributed by atoms with E-state index in [-0.39, 0.29) is 5.82 Å². The highest BCUT2D eigenvalue weighted by molar-refractivity contribution is 8.19. The number of halogens is 1. The number of thioether (sulfide) groups is 2. The zero-order chi connectivity index (χ0) is 26.4. The Morgan fingerprint density at radius 3 is 2.37 bits per heavy atom. The zero-order valence-electron chi connectivity index (χ0n) is 23.1. The van der Waals surface area contributed by atoms with E-state index >= 15 is 4.39 Å². The molecule has 2 aliphatic heterocycles. The topological polar surface area (TPSA) is 18.5 Å². The quantitative estimate of drug-likeness (QED) is 0.272. The molecule has 2 fully saturated rings. The second-order valence-electron chi connectivity index (χ2n) is 11.1. The minimum Gasteiger partial charge on any atom is -0.490 e. The van der Waals surface area contributed by atoms with Crippen molar-refractivity contribution < 1.29 is 13.9 Å². The lowest BCUT2D eigenvalue weighted by Crippen LogP contribution is -2.36. The normalized spacial score (nSPS) is 22.4. The van der Waals surface area contributed by atoms with Crippen LogP contribution in [-0.2, 0) is 0 Å². The summed E-state index contributed by atoms with van der Waals surface area (Å²) >= 11 is 3.59. The highest BCUT2D eigenvalue weighted by Crippen LogP contribution is 2.56. The van der Waals surface area contributed by atoms with Crippen molar-refractivity contribution in [3.63, 3.8) is 0 Å². The van der Waals surface area contributed by atoms with Crippen LogP contribution in [0.3, 0.4) is 0 Å². The monoisotopic (exact) mass is 554 g/mol. The molecule has 0 bridgehead atoms. The van der Waals surface area contributed by atoms with Gasteiger partial charge in [-0.2, -0.15) is 4.39 Å². The highest BCUT2D eigenvalue weighted by atomic mass is 32.2. The molecule has 0 atom stereocenters. The fraction of sp³-hybridized carbons (Fsp3) is 0.576. The minimum atomic E-state index is -0.619. The van der Waals surface area contributed by atoms with Gasteiger partial charge in [-0.3, -0.25) is 0 Å². The Kier molecular flexibility index (Phi) is 9.69. The fourth-order valence-corrected chi connectivity index (χ4v) is 9.11. The van der Waals surface area contributed by atoms with E-state index in [2.05, 4.69) is 44.2 Å². The van der Waals surface area contributed by atoms with Crippen LogP contribution in [0.2, 0.25) is 0 Å². The fourth-order valence-electron chi connectivity index (χ4n) is 6.03. The Hall–Kier alpha value is -1.59. The number of benzene rings is 2. The SMILES string of the molecule is CCCCCC1CCC(c2ccc(C3=Cc4ccc(OCCCC)c(F)c4OC34SCCCS4)cc2)CC1. The molecule has 0 aromatic heterocycles. The molecule has 5 heteroatoms. The first-order valence-electron chi connectivity index (χ1n) is 14.9. The first-order valence-corrected chi connectivity index (χ1v) is 16.9. The van der Waals surface area contributed by atoms with Crippen LogP contribution in [-0.4, -0.2) is 22.4 Å². The molecule has 206 valence electrons. The van der Waals surface area contributed by atoms with Gasteiger partial charge in [0.05, 0.1) is 6.61 Å². The summed E-state index contributed by atoms with van der Waals surface area (Å²) in [6.45, 7) is 4.92. The maximum absolute atomic E-state index is 15.5. The Morgan fingerprint density at radius 1 is 0.921 bits per heavy atom. The summed E-state index contributed by atoms with van der Waals surface area (Å²) in [5.74, 6) is 3.87. The van der Waals surface area contributed by atoms with Crippen molar-refractivity contribution in [2.45, 2.75) is 94.7 Å². The summed E-state index contributed by atoms with van der Waals surface area (Å²) in [4.78, 5) is 0. The van der Waals surface area contributed by atoms with Crippen LogP contribution in [0.15, 0.2) is 36.4 Å². The first kappa shape index (κ1) is 28.0. The first-order chi connectivity index (χ1) is 18.6. The minimum absolute atomic E-state index is 0.291. The summed E-state index contributed by atoms with van der Waals surface area (Å²) < 4.78 is 27.3. The van der Waals surface area contributed by atoms with Crippen LogP contribution in [0.5, 0.6) is 11.5 Å². The summed E-state index contributed by atoms with van der Waals surface area (Å²) in [6, 6.07) is 12.9. The van der Waals surface area contributed by atoms with E-state index in [1.807, 2.05) is 6.07 Å². The molecular formula is C33H43FO2S2. The van der Waals surface area contributed by atoms with Crippen molar-refractivity contribution in [3.8, 4) is 11.5 Å². The van der Waals surface area contributed by atoms with Crippen molar-refractivity contribution in [2.24, 2.45) is 5.92 Å². The van der Waals surface area contributed by atoms with Crippen LogP contribution in [0.4, 0.5) is 4.39 Å². The molecule has 3 aliphatic rings. The third-order valence-electron chi connectivity index (χ3n) is 8.34. The van der Waals surface area contributed by atoms with Crippen molar-refractivity contribution in [2.75, 3.05) is 18.1 Å². The predicted molar refractivity (Wildman–Crippen MR) is 163 cm³/mol. The molecule has 0 radical (unpaired) electrons. The Labute approximate surface area is 237 Å². The van der Waals surface area contributed by atoms with E-state index in [1.54, 1.807) is 29.6 Å². The molecule has 1 spiro atoms. The molecule has 1 saturated carbocycles. The third kappa shape index (κ3) is 6.25. The molecule has 5 rings (SSSR count). The summed E-state index contributed by atoms with van der Waals surface area (Å²) in [5, 5.41) is 0. The lowest BCUT2D eigenvalue weighted by atomic mass is 9.77. The van der Waals surface area contributed by atoms with Crippen molar-refractivity contribution in [1.82, 2.24) is 0 Å². The van der Waals surface area contributed by atoms with Gasteiger partial charge in [-0.1, -0.05) is 93.7 Å². The van der Waals surface area contributed by atoms with Crippen molar-refractivity contribution in [3.05, 3.63) is 58.9 Å². The molecule has 0 amide bonds. The second-order valence-corrected chi connectivity index (χ2v) is 13.9. The van der Waals surface area contributed by atoms with E-state index in [4.69, 9.17) is 9.47 Å². The lowest BCUT2D eigenvalue weighted by Gasteiger charge is -2.41. The van der Waals surface area contributed by atoms with Crippen molar-refractivity contribution in [1.29, 1.82) is 0 Å².